The van der Waals surface area contributed by atoms with Crippen LogP contribution in [-0.2, 0) is 87.6 Å². The molecule has 10 aromatic carbocycles. The number of sulfonamides is 2. The number of benzene rings is 10. The Bertz CT molecular complexity index is 7510. The molecule has 0 saturated heterocycles. The quantitative estimate of drug-likeness (QED) is 0.0228. The Morgan fingerprint density at radius 2 is 0.671 bits per heavy atom. The van der Waals surface area contributed by atoms with Gasteiger partial charge in [0, 0.05) is 159 Å². The molecule has 1 aliphatic heterocycles. The summed E-state index contributed by atoms with van der Waals surface area (Å²) in [5.41, 5.74) is 20.9. The summed E-state index contributed by atoms with van der Waals surface area (Å²) < 4.78 is 121. The van der Waals surface area contributed by atoms with Crippen molar-refractivity contribution >= 4 is 127 Å². The van der Waals surface area contributed by atoms with Crippen LogP contribution in [0.1, 0.15) is 73.9 Å². The van der Waals surface area contributed by atoms with Gasteiger partial charge in [0.2, 0.25) is 20.0 Å². The summed E-state index contributed by atoms with van der Waals surface area (Å²) in [4.78, 5) is 23.4. The molecule has 6 heterocycles. The summed E-state index contributed by atoms with van der Waals surface area (Å²) in [5.74, 6) is 3.90. The van der Waals surface area contributed by atoms with E-state index in [2.05, 4.69) is 94.6 Å². The van der Waals surface area contributed by atoms with E-state index in [9.17, 15) is 52.7 Å². The van der Waals surface area contributed by atoms with E-state index < -0.39 is 32.2 Å². The lowest BCUT2D eigenvalue weighted by Crippen LogP contribution is -2.16. The topological polar surface area (TPSA) is 408 Å². The number of carbonyl (C=O) groups is 2. The van der Waals surface area contributed by atoms with Gasteiger partial charge in [-0.15, -0.1) is 11.6 Å². The van der Waals surface area contributed by atoms with Gasteiger partial charge in [-0.1, -0.05) is 61.5 Å². The monoisotopic (exact) mass is 1990 g/mol. The van der Waals surface area contributed by atoms with Gasteiger partial charge in [0.05, 0.1) is 171 Å². The summed E-state index contributed by atoms with van der Waals surface area (Å²) in [6, 6.07) is 75.3. The number of carbonyl (C=O) groups excluding carboxylic acids is 2. The number of hydrogen-bond acceptors (Lipinski definition) is 23. The first-order valence-corrected chi connectivity index (χ1v) is 49.9. The Labute approximate surface area is 836 Å². The molecule has 0 atom stereocenters. The summed E-state index contributed by atoms with van der Waals surface area (Å²) in [5, 5.41) is 62.5. The van der Waals surface area contributed by atoms with Gasteiger partial charge in [0.15, 0.2) is 0 Å². The third kappa shape index (κ3) is 25.0. The van der Waals surface area contributed by atoms with Crippen molar-refractivity contribution in [3.63, 3.8) is 0 Å². The van der Waals surface area contributed by atoms with Gasteiger partial charge in [0.1, 0.15) is 59.1 Å². The number of ether oxygens (including phenoxy) is 11. The first kappa shape index (κ1) is 106. The van der Waals surface area contributed by atoms with Gasteiger partial charge in [-0.2, -0.15) is 26.3 Å². The van der Waals surface area contributed by atoms with E-state index in [-0.39, 0.29) is 17.4 Å². The number of aryl methyl sites for hydroxylation is 1. The number of aromatic nitrogens is 5. The zero-order valence-electron chi connectivity index (χ0n) is 82.0. The lowest BCUT2D eigenvalue weighted by atomic mass is 10.0. The Morgan fingerprint density at radius 1 is 0.371 bits per heavy atom. The van der Waals surface area contributed by atoms with Crippen molar-refractivity contribution in [2.75, 3.05) is 153 Å². The molecular weight excluding hydrogens is 1880 g/mol. The molecular formula is C108H114ClN15O17S2. The van der Waals surface area contributed by atoms with Crippen LogP contribution < -0.4 is 49.1 Å². The molecule has 1 aliphatic rings. The van der Waals surface area contributed by atoms with Crippen LogP contribution in [0.5, 0.6) is 28.7 Å². The van der Waals surface area contributed by atoms with Crippen molar-refractivity contribution in [1.29, 1.82) is 26.3 Å². The number of methoxy groups -OCH3 is 9. The second kappa shape index (κ2) is 50.4. The van der Waals surface area contributed by atoms with Crippen LogP contribution in [0, 0.1) is 56.7 Å². The van der Waals surface area contributed by atoms with E-state index in [0.717, 1.165) is 160 Å². The highest BCUT2D eigenvalue weighted by Gasteiger charge is 2.28. The van der Waals surface area contributed by atoms with Crippen molar-refractivity contribution in [3.05, 3.63) is 240 Å². The molecule has 0 radical (unpaired) electrons. The highest BCUT2D eigenvalue weighted by molar-refractivity contribution is 7.92. The van der Waals surface area contributed by atoms with Gasteiger partial charge in [0.25, 0.3) is 0 Å². The number of rotatable bonds is 36. The molecule has 5 aromatic heterocycles. The maximum Gasteiger partial charge on any atom is 0.411 e. The lowest BCUT2D eigenvalue weighted by Gasteiger charge is -2.12. The Balaban J connectivity index is 0.000000160. The predicted molar refractivity (Wildman–Crippen MR) is 560 cm³/mol. The standard InChI is InChI=1S/C23H25N3O4.C22H24ClN3O4S.C22H23N3O4.C21H23N3O4S.C20H19N3O/c1-4-12-30-23(27)25-17-7-5-16(6-8-17)22-20(15-24)19-10-9-18(29-3)14-21(19)26(22)11-13-28-2;1-29-12-11-26-21-14-18(30-2)8-9-19(21)20(15-24)22(26)16-4-6-17(7-5-16)25-31(27,28)13-3-10-23;1-4-29-22(26)24-16-7-5-15(6-8-16)21-19(14-23)18-10-9-17(28-3)13-20(18)25(21)11-12-27-2;1-4-29(25,26)23-16-7-5-15(6-8-16)21-19(14-22)18-10-9-17(28-3)13-20(18)24(21)11-12-27-2;1-3-23-19-11-15(24-2)5-6-16(19)17(12-21)20(23)14-4-7-18-13(10-14)8-9-22-18/h5-10,14H,4,11-13H2,1-3H3,(H,25,27);4-9,14,25H,3,10-13H2,1-2H3;5-10,13H,4,11-12H2,1-3H3,(H,24,26);5-10,13,23H,4,11-12H2,1-3H3;4-7,10-11,22H,3,8-9H2,1-2H3. The zero-order valence-corrected chi connectivity index (χ0v) is 84.4. The zero-order chi connectivity index (χ0) is 102. The van der Waals surface area contributed by atoms with Gasteiger partial charge in [-0.05, 0) is 195 Å². The summed E-state index contributed by atoms with van der Waals surface area (Å²) in [7, 11) is 7.85. The molecule has 0 fully saturated rings. The second-order valence-corrected chi connectivity index (χ2v) is 36.6. The second-order valence-electron chi connectivity index (χ2n) is 32.3. The summed E-state index contributed by atoms with van der Waals surface area (Å²) in [6.45, 7) is 14.1. The molecule has 32 nitrogen and oxygen atoms in total. The van der Waals surface area contributed by atoms with Crippen molar-refractivity contribution in [1.82, 2.24) is 22.8 Å². The fraction of sp³-hybridized carbons (Fsp3) is 0.287. The number of fused-ring (bicyclic) bond motifs is 6. The molecule has 5 N–H and O–H groups in total. The average molecular weight is 1990 g/mol. The van der Waals surface area contributed by atoms with E-state index in [0.29, 0.717) is 129 Å². The van der Waals surface area contributed by atoms with Crippen LogP contribution in [0.3, 0.4) is 0 Å². The van der Waals surface area contributed by atoms with Crippen LogP contribution in [0.25, 0.3) is 111 Å². The van der Waals surface area contributed by atoms with Gasteiger partial charge >= 0.3 is 12.2 Å². The molecule has 35 heteroatoms. The molecule has 0 aliphatic carbocycles. The summed E-state index contributed by atoms with van der Waals surface area (Å²) >= 11 is 5.59. The maximum absolute atomic E-state index is 12.1. The lowest BCUT2D eigenvalue weighted by molar-refractivity contribution is 0.161. The van der Waals surface area contributed by atoms with Crippen molar-refractivity contribution in [2.24, 2.45) is 0 Å². The molecule has 2 amide bonds. The maximum atomic E-state index is 12.1. The Kier molecular flexibility index (Phi) is 37.5. The van der Waals surface area contributed by atoms with Crippen molar-refractivity contribution < 1.29 is 78.5 Å². The minimum Gasteiger partial charge on any atom is -0.497 e. The highest BCUT2D eigenvalue weighted by atomic mass is 35.5. The Hall–Kier alpha value is -15.7. The SMILES string of the molecule is CCCOC(=O)Nc1ccc(-c2c(C#N)c3ccc(OC)cc3n2CCOC)cc1.CCOC(=O)Nc1ccc(-c2c(C#N)c3ccc(OC)cc3n2CCOC)cc1.CCS(=O)(=O)Nc1ccc(-c2c(C#N)c3ccc(OC)cc3n2CCOC)cc1.CCn1c(-c2ccc3c(c2)CCN3)c(C#N)c2ccc(OC)cc21.COCCn1c(-c2ccc(NS(=O)(=O)CCCCl)cc2)c(C#N)c2ccc(OC)cc21. The minimum atomic E-state index is -3.46. The molecule has 0 bridgehead atoms. The first-order chi connectivity index (χ1) is 69.4. The van der Waals surface area contributed by atoms with Crippen molar-refractivity contribution in [2.45, 2.75) is 79.7 Å². The van der Waals surface area contributed by atoms with E-state index in [1.54, 1.807) is 138 Å². The minimum absolute atomic E-state index is 0.000419. The highest BCUT2D eigenvalue weighted by Crippen LogP contribution is 2.43. The molecule has 16 rings (SSSR count). The smallest absolute Gasteiger partial charge is 0.411 e. The fourth-order valence-electron chi connectivity index (χ4n) is 17.0. The van der Waals surface area contributed by atoms with E-state index in [1.807, 2.05) is 143 Å². The number of amides is 2. The van der Waals surface area contributed by atoms with Crippen LogP contribution in [0.2, 0.25) is 0 Å². The Morgan fingerprint density at radius 3 is 0.958 bits per heavy atom. The van der Waals surface area contributed by atoms with E-state index in [4.69, 9.17) is 63.7 Å². The van der Waals surface area contributed by atoms with E-state index >= 15 is 0 Å². The largest absolute Gasteiger partial charge is 0.497 e. The molecule has 143 heavy (non-hydrogen) atoms. The molecule has 15 aromatic rings. The van der Waals surface area contributed by atoms with Gasteiger partial charge < -0.3 is 80.3 Å². The normalized spacial score (nSPS) is 11.3. The number of alkyl halides is 1. The van der Waals surface area contributed by atoms with Crippen LogP contribution in [0.4, 0.5) is 38.0 Å². The third-order valence-electron chi connectivity index (χ3n) is 23.7. The van der Waals surface area contributed by atoms with Gasteiger partial charge in [-0.3, -0.25) is 20.1 Å². The number of halogens is 1. The van der Waals surface area contributed by atoms with Crippen LogP contribution in [0.15, 0.2) is 206 Å². The number of hydrogen-bond donors (Lipinski definition) is 5. The number of nitrogens with zero attached hydrogens (tertiary/aromatic N) is 10. The van der Waals surface area contributed by atoms with Crippen molar-refractivity contribution in [3.8, 4) is 115 Å². The molecule has 742 valence electrons. The third-order valence-corrected chi connectivity index (χ3v) is 26.7. The number of nitriles is 5. The van der Waals surface area contributed by atoms with Crippen LogP contribution in [-0.4, -0.2) is 179 Å². The number of anilines is 5. The number of nitrogens with one attached hydrogen (secondary N) is 5. The molecule has 0 spiro atoms. The predicted octanol–water partition coefficient (Wildman–Crippen LogP) is 21.2. The first-order valence-electron chi connectivity index (χ1n) is 46.1. The molecule has 0 saturated carbocycles. The van der Waals surface area contributed by atoms with Gasteiger partial charge in [-0.25, -0.2) is 26.4 Å². The average Bonchev–Trinajstić information content (AvgIpc) is 1.31. The van der Waals surface area contributed by atoms with E-state index in [1.165, 1.54) is 11.3 Å². The molecule has 0 unspecified atom stereocenters. The summed E-state index contributed by atoms with van der Waals surface area (Å²) in [6.07, 6.45) is 1.19. The van der Waals surface area contributed by atoms with Crippen LogP contribution >= 0.6 is 11.6 Å². The fourth-order valence-corrected chi connectivity index (χ4v) is 19.0.